The van der Waals surface area contributed by atoms with Crippen LogP contribution in [0, 0.1) is 11.8 Å². The molecule has 0 radical (unpaired) electrons. The summed E-state index contributed by atoms with van der Waals surface area (Å²) in [5.74, 6) is 2.68. The van der Waals surface area contributed by atoms with Crippen molar-refractivity contribution in [3.8, 4) is 5.75 Å². The molecular weight excluding hydrogens is 246 g/mol. The SMILES string of the molecule is CC1CC(C)CC(NCc2ccc(OC(C)C)cc2)C1. The van der Waals surface area contributed by atoms with Crippen molar-refractivity contribution in [2.45, 2.75) is 65.6 Å². The lowest BCUT2D eigenvalue weighted by Crippen LogP contribution is -2.35. The Balaban J connectivity index is 1.81. The van der Waals surface area contributed by atoms with E-state index in [1.807, 2.05) is 0 Å². The molecule has 1 aromatic carbocycles. The van der Waals surface area contributed by atoms with Crippen LogP contribution in [0.25, 0.3) is 0 Å². The third kappa shape index (κ3) is 4.82. The zero-order valence-corrected chi connectivity index (χ0v) is 13.4. The summed E-state index contributed by atoms with van der Waals surface area (Å²) in [6.07, 6.45) is 4.26. The van der Waals surface area contributed by atoms with Crippen LogP contribution in [0.3, 0.4) is 0 Å². The fourth-order valence-electron chi connectivity index (χ4n) is 3.33. The normalized spacial score (nSPS) is 26.8. The molecule has 1 fully saturated rings. The molecule has 2 heteroatoms. The first-order chi connectivity index (χ1) is 9.52. The highest BCUT2D eigenvalue weighted by atomic mass is 16.5. The quantitative estimate of drug-likeness (QED) is 0.860. The maximum atomic E-state index is 5.67. The lowest BCUT2D eigenvalue weighted by Gasteiger charge is -2.32. The molecular formula is C18H29NO. The highest BCUT2D eigenvalue weighted by Gasteiger charge is 2.23. The summed E-state index contributed by atoms with van der Waals surface area (Å²) < 4.78 is 5.67. The molecule has 1 saturated carbocycles. The molecule has 2 rings (SSSR count). The fourth-order valence-corrected chi connectivity index (χ4v) is 3.33. The smallest absolute Gasteiger partial charge is 0.119 e. The molecule has 2 atom stereocenters. The Kier molecular flexibility index (Phi) is 5.47. The first-order valence-corrected chi connectivity index (χ1v) is 8.02. The molecule has 20 heavy (non-hydrogen) atoms. The van der Waals surface area contributed by atoms with Gasteiger partial charge in [0.2, 0.25) is 0 Å². The van der Waals surface area contributed by atoms with Crippen molar-refractivity contribution in [1.29, 1.82) is 0 Å². The summed E-state index contributed by atoms with van der Waals surface area (Å²) in [5, 5.41) is 3.72. The molecule has 2 nitrogen and oxygen atoms in total. The van der Waals surface area contributed by atoms with Gasteiger partial charge in [0.1, 0.15) is 5.75 Å². The van der Waals surface area contributed by atoms with Gasteiger partial charge in [-0.05, 0) is 62.6 Å². The summed E-state index contributed by atoms with van der Waals surface area (Å²) >= 11 is 0. The van der Waals surface area contributed by atoms with Crippen LogP contribution in [0.4, 0.5) is 0 Å². The van der Waals surface area contributed by atoms with Gasteiger partial charge in [0.15, 0.2) is 0 Å². The second kappa shape index (κ2) is 7.12. The van der Waals surface area contributed by atoms with E-state index < -0.39 is 0 Å². The minimum atomic E-state index is 0.240. The number of benzene rings is 1. The largest absolute Gasteiger partial charge is 0.491 e. The minimum Gasteiger partial charge on any atom is -0.491 e. The average molecular weight is 275 g/mol. The predicted molar refractivity (Wildman–Crippen MR) is 85.0 cm³/mol. The van der Waals surface area contributed by atoms with Crippen LogP contribution >= 0.6 is 0 Å². The van der Waals surface area contributed by atoms with Crippen molar-refractivity contribution >= 4 is 0 Å². The van der Waals surface area contributed by atoms with Crippen LogP contribution < -0.4 is 10.1 Å². The predicted octanol–water partition coefficient (Wildman–Crippen LogP) is 4.39. The van der Waals surface area contributed by atoms with E-state index in [4.69, 9.17) is 4.74 Å². The van der Waals surface area contributed by atoms with Gasteiger partial charge in [-0.1, -0.05) is 26.0 Å². The molecule has 2 unspecified atom stereocenters. The monoisotopic (exact) mass is 275 g/mol. The van der Waals surface area contributed by atoms with Gasteiger partial charge >= 0.3 is 0 Å². The van der Waals surface area contributed by atoms with Gasteiger partial charge in [0.25, 0.3) is 0 Å². The molecule has 1 aromatic rings. The van der Waals surface area contributed by atoms with Gasteiger partial charge in [-0.2, -0.15) is 0 Å². The molecule has 1 aliphatic rings. The van der Waals surface area contributed by atoms with Gasteiger partial charge in [0, 0.05) is 12.6 Å². The molecule has 0 spiro atoms. The molecule has 0 saturated heterocycles. The van der Waals surface area contributed by atoms with E-state index >= 15 is 0 Å². The summed E-state index contributed by atoms with van der Waals surface area (Å²) in [4.78, 5) is 0. The molecule has 112 valence electrons. The summed E-state index contributed by atoms with van der Waals surface area (Å²) in [6, 6.07) is 9.16. The number of nitrogens with one attached hydrogen (secondary N) is 1. The number of hydrogen-bond donors (Lipinski definition) is 1. The first-order valence-electron chi connectivity index (χ1n) is 8.02. The summed E-state index contributed by atoms with van der Waals surface area (Å²) in [5.41, 5.74) is 1.34. The van der Waals surface area contributed by atoms with E-state index in [9.17, 15) is 0 Å². The average Bonchev–Trinajstić information content (AvgIpc) is 2.36. The second-order valence-corrected chi connectivity index (χ2v) is 6.81. The van der Waals surface area contributed by atoms with Crippen molar-refractivity contribution in [1.82, 2.24) is 5.32 Å². The summed E-state index contributed by atoms with van der Waals surface area (Å²) in [7, 11) is 0. The number of hydrogen-bond acceptors (Lipinski definition) is 2. The van der Waals surface area contributed by atoms with Crippen molar-refractivity contribution in [3.05, 3.63) is 29.8 Å². The Hall–Kier alpha value is -1.02. The highest BCUT2D eigenvalue weighted by molar-refractivity contribution is 5.27. The summed E-state index contributed by atoms with van der Waals surface area (Å²) in [6.45, 7) is 9.83. The fraction of sp³-hybridized carbons (Fsp3) is 0.667. The Morgan fingerprint density at radius 3 is 2.20 bits per heavy atom. The molecule has 0 aromatic heterocycles. The molecule has 1 aliphatic carbocycles. The molecule has 0 bridgehead atoms. The Morgan fingerprint density at radius 2 is 1.65 bits per heavy atom. The van der Waals surface area contributed by atoms with Gasteiger partial charge in [-0.25, -0.2) is 0 Å². The van der Waals surface area contributed by atoms with Crippen molar-refractivity contribution < 1.29 is 4.74 Å². The standard InChI is InChI=1S/C18H29NO/c1-13(2)20-18-7-5-16(6-8-18)12-19-17-10-14(3)9-15(4)11-17/h5-8,13-15,17,19H,9-12H2,1-4H3. The topological polar surface area (TPSA) is 21.3 Å². The van der Waals surface area contributed by atoms with Crippen molar-refractivity contribution in [3.63, 3.8) is 0 Å². The van der Waals surface area contributed by atoms with E-state index in [0.29, 0.717) is 6.04 Å². The number of rotatable bonds is 5. The minimum absolute atomic E-state index is 0.240. The molecule has 0 heterocycles. The van der Waals surface area contributed by atoms with E-state index in [1.165, 1.54) is 24.8 Å². The van der Waals surface area contributed by atoms with Gasteiger partial charge in [0.05, 0.1) is 6.10 Å². The van der Waals surface area contributed by atoms with Gasteiger partial charge in [-0.15, -0.1) is 0 Å². The lowest BCUT2D eigenvalue weighted by molar-refractivity contribution is 0.238. The van der Waals surface area contributed by atoms with E-state index in [2.05, 4.69) is 57.3 Å². The van der Waals surface area contributed by atoms with Crippen LogP contribution in [-0.2, 0) is 6.54 Å². The van der Waals surface area contributed by atoms with Crippen LogP contribution in [0.15, 0.2) is 24.3 Å². The molecule has 1 N–H and O–H groups in total. The highest BCUT2D eigenvalue weighted by Crippen LogP contribution is 2.28. The zero-order chi connectivity index (χ0) is 14.5. The Bertz CT molecular complexity index is 388. The number of ether oxygens (including phenoxy) is 1. The first kappa shape index (κ1) is 15.4. The molecule has 0 amide bonds. The second-order valence-electron chi connectivity index (χ2n) is 6.81. The van der Waals surface area contributed by atoms with Crippen LogP contribution in [-0.4, -0.2) is 12.1 Å². The van der Waals surface area contributed by atoms with Crippen LogP contribution in [0.1, 0.15) is 52.5 Å². The van der Waals surface area contributed by atoms with E-state index in [-0.39, 0.29) is 6.10 Å². The Labute approximate surface area is 123 Å². The third-order valence-electron chi connectivity index (χ3n) is 4.07. The van der Waals surface area contributed by atoms with E-state index in [1.54, 1.807) is 0 Å². The maximum absolute atomic E-state index is 5.67. The van der Waals surface area contributed by atoms with Crippen LogP contribution in [0.2, 0.25) is 0 Å². The van der Waals surface area contributed by atoms with Gasteiger partial charge < -0.3 is 10.1 Å². The van der Waals surface area contributed by atoms with E-state index in [0.717, 1.165) is 24.1 Å². The third-order valence-corrected chi connectivity index (χ3v) is 4.07. The van der Waals surface area contributed by atoms with Crippen molar-refractivity contribution in [2.24, 2.45) is 11.8 Å². The van der Waals surface area contributed by atoms with Crippen molar-refractivity contribution in [2.75, 3.05) is 0 Å². The lowest BCUT2D eigenvalue weighted by atomic mass is 9.80. The Morgan fingerprint density at radius 1 is 1.05 bits per heavy atom. The zero-order valence-electron chi connectivity index (χ0n) is 13.4. The maximum Gasteiger partial charge on any atom is 0.119 e. The van der Waals surface area contributed by atoms with Crippen LogP contribution in [0.5, 0.6) is 5.75 Å². The molecule has 0 aliphatic heterocycles. The van der Waals surface area contributed by atoms with Gasteiger partial charge in [-0.3, -0.25) is 0 Å².